The molecule has 0 spiro atoms. The molecule has 0 aliphatic rings. The molecule has 0 aliphatic carbocycles. The summed E-state index contributed by atoms with van der Waals surface area (Å²) in [4.78, 5) is 20.5. The average molecular weight is 525 g/mol. The van der Waals surface area contributed by atoms with Crippen molar-refractivity contribution in [1.29, 1.82) is 0 Å². The Balaban J connectivity index is 1.37. The van der Waals surface area contributed by atoms with Crippen LogP contribution in [0, 0.1) is 0 Å². The van der Waals surface area contributed by atoms with Gasteiger partial charge in [-0.25, -0.2) is 19.9 Å². The van der Waals surface area contributed by atoms with Gasteiger partial charge in [-0.1, -0.05) is 42.5 Å². The van der Waals surface area contributed by atoms with Gasteiger partial charge in [0.2, 0.25) is 0 Å². The van der Waals surface area contributed by atoms with Gasteiger partial charge in [-0.05, 0) is 30.3 Å². The molecule has 9 rings (SSSR count). The first-order valence-electron chi connectivity index (χ1n) is 12.2. The fraction of sp³-hybridized carbons (Fsp3) is 0. The summed E-state index contributed by atoms with van der Waals surface area (Å²) in [6, 6.07) is 25.8. The minimum absolute atomic E-state index is 0.976. The Morgan fingerprint density at radius 1 is 0.553 bits per heavy atom. The van der Waals surface area contributed by atoms with Crippen LogP contribution in [0.25, 0.3) is 74.0 Å². The van der Waals surface area contributed by atoms with Crippen molar-refractivity contribution in [2.75, 3.05) is 0 Å². The molecule has 0 saturated heterocycles. The standard InChI is InChI=1S/C30H16N6S2/c1-3-10-23-19(8-1)25-27-21(13-31-15-33-27)35(29(25)37-23)17-6-5-7-18(12-17)36-22-14-32-16-34-28(22)26-20-9-2-4-11-24(20)38-30(26)36/h1-16H. The Morgan fingerprint density at radius 2 is 1.05 bits per heavy atom. The van der Waals surface area contributed by atoms with Gasteiger partial charge in [-0.15, -0.1) is 22.7 Å². The maximum atomic E-state index is 4.71. The predicted octanol–water partition coefficient (Wildman–Crippen LogP) is 7.89. The zero-order valence-corrected chi connectivity index (χ0v) is 21.4. The first-order chi connectivity index (χ1) is 18.9. The monoisotopic (exact) mass is 524 g/mol. The molecule has 0 atom stereocenters. The van der Waals surface area contributed by atoms with E-state index in [0.717, 1.165) is 33.4 Å². The molecule has 0 unspecified atom stereocenters. The lowest BCUT2D eigenvalue weighted by Gasteiger charge is -2.11. The molecule has 9 aromatic rings. The summed E-state index contributed by atoms with van der Waals surface area (Å²) in [6.07, 6.45) is 7.11. The maximum Gasteiger partial charge on any atom is 0.116 e. The van der Waals surface area contributed by atoms with E-state index in [-0.39, 0.29) is 0 Å². The van der Waals surface area contributed by atoms with Crippen molar-refractivity contribution < 1.29 is 0 Å². The van der Waals surface area contributed by atoms with E-state index in [1.807, 2.05) is 12.4 Å². The molecule has 6 heterocycles. The summed E-state index contributed by atoms with van der Waals surface area (Å²) in [6.45, 7) is 0. The topological polar surface area (TPSA) is 61.4 Å². The van der Waals surface area contributed by atoms with Gasteiger partial charge >= 0.3 is 0 Å². The van der Waals surface area contributed by atoms with E-state index in [9.17, 15) is 0 Å². The summed E-state index contributed by atoms with van der Waals surface area (Å²) < 4.78 is 7.10. The molecule has 38 heavy (non-hydrogen) atoms. The van der Waals surface area contributed by atoms with Crippen LogP contribution in [0.5, 0.6) is 0 Å². The highest BCUT2D eigenvalue weighted by Gasteiger charge is 2.21. The Kier molecular flexibility index (Phi) is 3.99. The second kappa shape index (κ2) is 7.44. The molecule has 0 saturated carbocycles. The van der Waals surface area contributed by atoms with Gasteiger partial charge in [0, 0.05) is 42.3 Å². The minimum atomic E-state index is 0.976. The first kappa shape index (κ1) is 20.4. The summed E-state index contributed by atoms with van der Waals surface area (Å²) >= 11 is 3.58. The van der Waals surface area contributed by atoms with Gasteiger partial charge in [0.1, 0.15) is 33.3 Å². The molecule has 0 amide bonds. The Morgan fingerprint density at radius 3 is 1.58 bits per heavy atom. The van der Waals surface area contributed by atoms with E-state index in [4.69, 9.17) is 9.97 Å². The number of aromatic nitrogens is 6. The van der Waals surface area contributed by atoms with Crippen molar-refractivity contribution in [3.05, 3.63) is 97.8 Å². The molecule has 178 valence electrons. The van der Waals surface area contributed by atoms with Crippen LogP contribution in [-0.4, -0.2) is 29.1 Å². The van der Waals surface area contributed by atoms with E-state index < -0.39 is 0 Å². The van der Waals surface area contributed by atoms with Crippen LogP contribution in [0.4, 0.5) is 0 Å². The molecule has 0 fully saturated rings. The van der Waals surface area contributed by atoms with Gasteiger partial charge in [0.15, 0.2) is 0 Å². The summed E-state index contributed by atoms with van der Waals surface area (Å²) in [5, 5.41) is 4.82. The van der Waals surface area contributed by atoms with Crippen LogP contribution in [0.2, 0.25) is 0 Å². The SMILES string of the molecule is c1cc(-n2c3cncnc3c3c4ccccc4sc32)cc(-n2c3cncnc3c3c4ccccc4sc32)c1. The molecule has 3 aromatic carbocycles. The number of nitrogens with zero attached hydrogens (tertiary/aromatic N) is 6. The molecule has 0 radical (unpaired) electrons. The van der Waals surface area contributed by atoms with Gasteiger partial charge in [-0.2, -0.15) is 0 Å². The predicted molar refractivity (Wildman–Crippen MR) is 157 cm³/mol. The van der Waals surface area contributed by atoms with Crippen LogP contribution in [0.1, 0.15) is 0 Å². The molecule has 6 nitrogen and oxygen atoms in total. The second-order valence-electron chi connectivity index (χ2n) is 9.26. The molecule has 8 heteroatoms. The van der Waals surface area contributed by atoms with E-state index in [2.05, 4.69) is 91.9 Å². The van der Waals surface area contributed by atoms with Crippen molar-refractivity contribution in [2.45, 2.75) is 0 Å². The number of benzene rings is 3. The van der Waals surface area contributed by atoms with Crippen molar-refractivity contribution in [3.63, 3.8) is 0 Å². The summed E-state index contributed by atoms with van der Waals surface area (Å²) in [7, 11) is 0. The largest absolute Gasteiger partial charge is 0.298 e. The zero-order chi connectivity index (χ0) is 24.8. The van der Waals surface area contributed by atoms with Gasteiger partial charge in [-0.3, -0.25) is 9.13 Å². The normalized spacial score (nSPS) is 12.2. The van der Waals surface area contributed by atoms with Crippen LogP contribution in [-0.2, 0) is 0 Å². The van der Waals surface area contributed by atoms with Crippen LogP contribution in [0.15, 0.2) is 97.8 Å². The second-order valence-corrected chi connectivity index (χ2v) is 11.3. The maximum absolute atomic E-state index is 4.71. The lowest BCUT2D eigenvalue weighted by Crippen LogP contribution is -1.98. The van der Waals surface area contributed by atoms with Crippen LogP contribution in [0.3, 0.4) is 0 Å². The number of thiophene rings is 2. The number of rotatable bonds is 2. The smallest absolute Gasteiger partial charge is 0.116 e. The highest BCUT2D eigenvalue weighted by atomic mass is 32.1. The van der Waals surface area contributed by atoms with Crippen LogP contribution < -0.4 is 0 Å². The van der Waals surface area contributed by atoms with Crippen molar-refractivity contribution in [2.24, 2.45) is 0 Å². The number of hydrogen-bond donors (Lipinski definition) is 0. The average Bonchev–Trinajstić information content (AvgIpc) is 3.69. The molecular weight excluding hydrogens is 509 g/mol. The van der Waals surface area contributed by atoms with Gasteiger partial charge in [0.25, 0.3) is 0 Å². The minimum Gasteiger partial charge on any atom is -0.298 e. The Hall–Kier alpha value is -4.66. The summed E-state index contributed by atoms with van der Waals surface area (Å²) in [5.74, 6) is 0. The van der Waals surface area contributed by atoms with Crippen molar-refractivity contribution in [1.82, 2.24) is 29.1 Å². The zero-order valence-electron chi connectivity index (χ0n) is 19.7. The number of fused-ring (bicyclic) bond motifs is 10. The third kappa shape index (κ3) is 2.60. The molecule has 0 bridgehead atoms. The van der Waals surface area contributed by atoms with Gasteiger partial charge < -0.3 is 0 Å². The third-order valence-corrected chi connectivity index (χ3v) is 9.56. The number of hydrogen-bond acceptors (Lipinski definition) is 6. The highest BCUT2D eigenvalue weighted by molar-refractivity contribution is 7.26. The van der Waals surface area contributed by atoms with E-state index in [1.54, 1.807) is 35.3 Å². The van der Waals surface area contributed by atoms with Gasteiger partial charge in [0.05, 0.1) is 23.4 Å². The fourth-order valence-electron chi connectivity index (χ4n) is 5.70. The van der Waals surface area contributed by atoms with E-state index in [0.29, 0.717) is 0 Å². The fourth-order valence-corrected chi connectivity index (χ4v) is 8.17. The quantitative estimate of drug-likeness (QED) is 0.231. The lowest BCUT2D eigenvalue weighted by molar-refractivity contribution is 1.12. The Bertz CT molecular complexity index is 2210. The Labute approximate surface area is 223 Å². The summed E-state index contributed by atoms with van der Waals surface area (Å²) in [5.41, 5.74) is 6.09. The molecule has 0 N–H and O–H groups in total. The molecule has 6 aromatic heterocycles. The first-order valence-corrected chi connectivity index (χ1v) is 13.8. The third-order valence-electron chi connectivity index (χ3n) is 7.25. The van der Waals surface area contributed by atoms with E-state index >= 15 is 0 Å². The highest BCUT2D eigenvalue weighted by Crippen LogP contribution is 2.43. The lowest BCUT2D eigenvalue weighted by atomic mass is 10.2. The van der Waals surface area contributed by atoms with Crippen molar-refractivity contribution >= 4 is 85.3 Å². The molecule has 0 aliphatic heterocycles. The van der Waals surface area contributed by atoms with Crippen LogP contribution >= 0.6 is 22.7 Å². The van der Waals surface area contributed by atoms with Crippen molar-refractivity contribution in [3.8, 4) is 11.4 Å². The van der Waals surface area contributed by atoms with E-state index in [1.165, 1.54) is 40.6 Å². The molecular formula is C30H16N6S2.